The highest BCUT2D eigenvalue weighted by Gasteiger charge is 2.14. The Morgan fingerprint density at radius 2 is 1.87 bits per heavy atom. The fourth-order valence-electron chi connectivity index (χ4n) is 2.32. The third kappa shape index (κ3) is 3.08. The van der Waals surface area contributed by atoms with Gasteiger partial charge in [0.05, 0.1) is 7.11 Å². The monoisotopic (exact) mass is 310 g/mol. The van der Waals surface area contributed by atoms with Crippen LogP contribution < -0.4 is 10.4 Å². The molecule has 0 spiro atoms. The average Bonchev–Trinajstić information content (AvgIpc) is 2.54. The van der Waals surface area contributed by atoms with Gasteiger partial charge in [0.25, 0.3) is 0 Å². The topological polar surface area (TPSA) is 76.7 Å². The molecule has 0 aliphatic rings. The summed E-state index contributed by atoms with van der Waals surface area (Å²) in [5.41, 5.74) is 0.317. The first-order valence-electron chi connectivity index (χ1n) is 7.00. The van der Waals surface area contributed by atoms with Gasteiger partial charge in [-0.15, -0.1) is 0 Å². The van der Waals surface area contributed by atoms with Crippen LogP contribution in [0.25, 0.3) is 11.0 Å². The number of benzene rings is 2. The van der Waals surface area contributed by atoms with Crippen LogP contribution in [0.1, 0.15) is 15.9 Å². The molecule has 2 aromatic carbocycles. The maximum Gasteiger partial charge on any atom is 0.347 e. The lowest BCUT2D eigenvalue weighted by Crippen LogP contribution is -2.15. The van der Waals surface area contributed by atoms with Crippen LogP contribution in [0, 0.1) is 0 Å². The molecule has 23 heavy (non-hydrogen) atoms. The molecular weight excluding hydrogens is 296 g/mol. The summed E-state index contributed by atoms with van der Waals surface area (Å²) in [6.07, 6.45) is 0.0956. The van der Waals surface area contributed by atoms with Gasteiger partial charge in [0, 0.05) is 17.9 Å². The lowest BCUT2D eigenvalue weighted by atomic mass is 10.0. The van der Waals surface area contributed by atoms with E-state index in [-0.39, 0.29) is 29.1 Å². The number of phenols is 1. The van der Waals surface area contributed by atoms with Gasteiger partial charge in [-0.1, -0.05) is 12.1 Å². The van der Waals surface area contributed by atoms with Crippen molar-refractivity contribution in [2.75, 3.05) is 7.11 Å². The van der Waals surface area contributed by atoms with E-state index in [0.717, 1.165) is 5.56 Å². The molecule has 0 amide bonds. The average molecular weight is 310 g/mol. The van der Waals surface area contributed by atoms with Crippen molar-refractivity contribution in [3.05, 3.63) is 70.1 Å². The van der Waals surface area contributed by atoms with Crippen molar-refractivity contribution in [2.24, 2.45) is 0 Å². The number of carbonyl (C=O) groups is 1. The number of Topliss-reactive ketones (excluding diaryl/α,β-unsaturated/α-hetero) is 1. The van der Waals surface area contributed by atoms with Gasteiger partial charge in [0.1, 0.15) is 22.6 Å². The molecule has 0 unspecified atom stereocenters. The molecule has 0 saturated heterocycles. The van der Waals surface area contributed by atoms with Gasteiger partial charge in [-0.05, 0) is 35.9 Å². The molecule has 0 fully saturated rings. The van der Waals surface area contributed by atoms with Gasteiger partial charge in [-0.2, -0.15) is 0 Å². The van der Waals surface area contributed by atoms with Crippen molar-refractivity contribution in [3.63, 3.8) is 0 Å². The van der Waals surface area contributed by atoms with E-state index in [0.29, 0.717) is 11.1 Å². The Labute approximate surface area is 131 Å². The van der Waals surface area contributed by atoms with E-state index in [1.807, 2.05) is 0 Å². The smallest absolute Gasteiger partial charge is 0.347 e. The number of hydrogen-bond acceptors (Lipinski definition) is 5. The van der Waals surface area contributed by atoms with E-state index in [2.05, 4.69) is 0 Å². The molecule has 0 aliphatic carbocycles. The molecule has 0 bridgehead atoms. The van der Waals surface area contributed by atoms with E-state index < -0.39 is 5.63 Å². The molecule has 1 N–H and O–H groups in total. The summed E-state index contributed by atoms with van der Waals surface area (Å²) in [6, 6.07) is 13.0. The molecule has 116 valence electrons. The maximum absolute atomic E-state index is 12.4. The Balaban J connectivity index is 1.92. The predicted molar refractivity (Wildman–Crippen MR) is 85.2 cm³/mol. The Hall–Kier alpha value is -3.08. The number of aromatic hydroxyl groups is 1. The summed E-state index contributed by atoms with van der Waals surface area (Å²) in [5.74, 6) is 0.378. The third-order valence-electron chi connectivity index (χ3n) is 3.54. The van der Waals surface area contributed by atoms with Crippen LogP contribution in [0.5, 0.6) is 11.5 Å². The second-order valence-electron chi connectivity index (χ2n) is 5.12. The van der Waals surface area contributed by atoms with Crippen LogP contribution in [0.4, 0.5) is 0 Å². The van der Waals surface area contributed by atoms with Gasteiger partial charge in [0.15, 0.2) is 5.78 Å². The van der Waals surface area contributed by atoms with E-state index in [1.165, 1.54) is 18.2 Å². The van der Waals surface area contributed by atoms with Crippen LogP contribution >= 0.6 is 0 Å². The first-order valence-corrected chi connectivity index (χ1v) is 7.00. The molecule has 3 rings (SSSR count). The van der Waals surface area contributed by atoms with Crippen molar-refractivity contribution in [3.8, 4) is 11.5 Å². The quantitative estimate of drug-likeness (QED) is 0.592. The highest BCUT2D eigenvalue weighted by Crippen LogP contribution is 2.20. The summed E-state index contributed by atoms with van der Waals surface area (Å²) in [7, 11) is 1.57. The Morgan fingerprint density at radius 3 is 2.57 bits per heavy atom. The van der Waals surface area contributed by atoms with Gasteiger partial charge in [-0.25, -0.2) is 4.79 Å². The number of ether oxygens (including phenoxy) is 1. The number of fused-ring (bicyclic) bond motifs is 1. The number of methoxy groups -OCH3 is 1. The number of phenolic OH excluding ortho intramolecular Hbond substituents is 1. The highest BCUT2D eigenvalue weighted by molar-refractivity contribution is 5.99. The van der Waals surface area contributed by atoms with Crippen molar-refractivity contribution in [1.82, 2.24) is 0 Å². The number of rotatable bonds is 4. The molecular formula is C18H14O5. The summed E-state index contributed by atoms with van der Waals surface area (Å²) >= 11 is 0. The largest absolute Gasteiger partial charge is 0.508 e. The van der Waals surface area contributed by atoms with E-state index in [1.54, 1.807) is 37.4 Å². The minimum Gasteiger partial charge on any atom is -0.508 e. The van der Waals surface area contributed by atoms with E-state index >= 15 is 0 Å². The van der Waals surface area contributed by atoms with Crippen molar-refractivity contribution < 1.29 is 19.1 Å². The first-order chi connectivity index (χ1) is 11.1. The zero-order chi connectivity index (χ0) is 16.4. The summed E-state index contributed by atoms with van der Waals surface area (Å²) in [6.45, 7) is 0. The fraction of sp³-hybridized carbons (Fsp3) is 0.111. The van der Waals surface area contributed by atoms with Crippen LogP contribution in [0.3, 0.4) is 0 Å². The van der Waals surface area contributed by atoms with Crippen molar-refractivity contribution >= 4 is 16.8 Å². The van der Waals surface area contributed by atoms with Crippen LogP contribution in [-0.4, -0.2) is 18.0 Å². The van der Waals surface area contributed by atoms with Crippen LogP contribution in [0.15, 0.2) is 57.7 Å². The molecule has 0 aliphatic heterocycles. The van der Waals surface area contributed by atoms with Gasteiger partial charge in [0.2, 0.25) is 0 Å². The van der Waals surface area contributed by atoms with Crippen LogP contribution in [-0.2, 0) is 6.42 Å². The normalized spacial score (nSPS) is 10.7. The second kappa shape index (κ2) is 5.96. The minimum absolute atomic E-state index is 0.000919. The maximum atomic E-state index is 12.4. The van der Waals surface area contributed by atoms with E-state index in [9.17, 15) is 14.7 Å². The molecule has 1 aromatic heterocycles. The highest BCUT2D eigenvalue weighted by atomic mass is 16.5. The zero-order valence-electron chi connectivity index (χ0n) is 12.4. The summed E-state index contributed by atoms with van der Waals surface area (Å²) < 4.78 is 10.2. The lowest BCUT2D eigenvalue weighted by molar-refractivity contribution is 0.0989. The molecule has 0 radical (unpaired) electrons. The first kappa shape index (κ1) is 14.8. The van der Waals surface area contributed by atoms with Gasteiger partial charge in [-0.3, -0.25) is 4.79 Å². The molecule has 5 nitrogen and oxygen atoms in total. The number of carbonyl (C=O) groups excluding carboxylic acids is 1. The zero-order valence-corrected chi connectivity index (χ0v) is 12.4. The molecule has 0 saturated carbocycles. The lowest BCUT2D eigenvalue weighted by Gasteiger charge is -2.04. The number of hydrogen-bond donors (Lipinski definition) is 1. The molecule has 0 atom stereocenters. The Bertz CT molecular complexity index is 922. The standard InChI is InChI=1S/C18H14O5/c1-22-14-6-2-11(3-7-14)8-16(20)15-9-12-4-5-13(19)10-17(12)23-18(15)21/h2-7,9-10,19H,8H2,1H3. The summed E-state index contributed by atoms with van der Waals surface area (Å²) in [5, 5.41) is 9.98. The SMILES string of the molecule is COc1ccc(CC(=O)c2cc3ccc(O)cc3oc2=O)cc1. The Morgan fingerprint density at radius 1 is 1.13 bits per heavy atom. The van der Waals surface area contributed by atoms with Crippen LogP contribution in [0.2, 0.25) is 0 Å². The minimum atomic E-state index is -0.707. The third-order valence-corrected chi connectivity index (χ3v) is 3.54. The van der Waals surface area contributed by atoms with Crippen molar-refractivity contribution in [2.45, 2.75) is 6.42 Å². The molecule has 1 heterocycles. The van der Waals surface area contributed by atoms with Crippen molar-refractivity contribution in [1.29, 1.82) is 0 Å². The second-order valence-corrected chi connectivity index (χ2v) is 5.12. The number of ketones is 1. The molecule has 5 heteroatoms. The molecule has 3 aromatic rings. The van der Waals surface area contributed by atoms with E-state index in [4.69, 9.17) is 9.15 Å². The van der Waals surface area contributed by atoms with Gasteiger partial charge >= 0.3 is 5.63 Å². The predicted octanol–water partition coefficient (Wildman–Crippen LogP) is 2.93. The Kier molecular flexibility index (Phi) is 3.85. The van der Waals surface area contributed by atoms with Gasteiger partial charge < -0.3 is 14.3 Å². The summed E-state index contributed by atoms with van der Waals surface area (Å²) in [4.78, 5) is 24.3. The fourth-order valence-corrected chi connectivity index (χ4v) is 2.32.